The summed E-state index contributed by atoms with van der Waals surface area (Å²) in [7, 11) is 0. The normalized spacial score (nSPS) is 13.0. The number of nitrogens with zero attached hydrogens (tertiary/aromatic N) is 3. The fourth-order valence-corrected chi connectivity index (χ4v) is 2.08. The lowest BCUT2D eigenvalue weighted by Gasteiger charge is -2.21. The first kappa shape index (κ1) is 18.1. The molecule has 0 aliphatic rings. The van der Waals surface area contributed by atoms with Crippen LogP contribution in [0, 0.1) is 0 Å². The second-order valence-electron chi connectivity index (χ2n) is 5.38. The number of carbonyl (C=O) groups excluding carboxylic acids is 1. The van der Waals surface area contributed by atoms with Gasteiger partial charge in [-0.3, -0.25) is 14.5 Å². The predicted octanol–water partition coefficient (Wildman–Crippen LogP) is 2.20. The summed E-state index contributed by atoms with van der Waals surface area (Å²) in [5, 5.41) is 7.09. The van der Waals surface area contributed by atoms with Crippen LogP contribution in [0.1, 0.15) is 32.3 Å². The average Bonchev–Trinajstić information content (AvgIpc) is 2.87. The first-order valence-corrected chi connectivity index (χ1v) is 7.04. The maximum atomic E-state index is 12.1. The van der Waals surface area contributed by atoms with Crippen molar-refractivity contribution in [3.8, 4) is 0 Å². The van der Waals surface area contributed by atoms with E-state index in [-0.39, 0.29) is 18.3 Å². The summed E-state index contributed by atoms with van der Waals surface area (Å²) in [5.41, 5.74) is 6.22. The number of nitrogens with one attached hydrogen (secondary N) is 1. The first-order valence-electron chi connectivity index (χ1n) is 7.04. The largest absolute Gasteiger partial charge is 0.318 e. The van der Waals surface area contributed by atoms with E-state index in [4.69, 9.17) is 5.73 Å². The van der Waals surface area contributed by atoms with Crippen LogP contribution in [0.2, 0.25) is 0 Å². The molecule has 0 aromatic carbocycles. The molecule has 1 unspecified atom stereocenters. The van der Waals surface area contributed by atoms with Gasteiger partial charge in [0, 0.05) is 24.7 Å². The second kappa shape index (κ2) is 7.91. The van der Waals surface area contributed by atoms with Crippen molar-refractivity contribution < 1.29 is 4.79 Å². The molecule has 0 aliphatic carbocycles. The molecule has 0 saturated heterocycles. The standard InChI is InChI=1S/C15H21N5O.ClH/c1-3-7-15(2,16)14(21)18-13-6-10-20(19-13)11-12-4-8-17-9-5-12;/h4-6,8-10H,3,7,11,16H2,1-2H3,(H,18,19,21);1H. The van der Waals surface area contributed by atoms with Crippen LogP contribution in [0.25, 0.3) is 0 Å². The molecular weight excluding hydrogens is 302 g/mol. The van der Waals surface area contributed by atoms with Crippen LogP contribution in [0.15, 0.2) is 36.8 Å². The molecule has 0 saturated carbocycles. The van der Waals surface area contributed by atoms with Gasteiger partial charge in [0.1, 0.15) is 0 Å². The van der Waals surface area contributed by atoms with Crippen LogP contribution < -0.4 is 11.1 Å². The Morgan fingerprint density at radius 3 is 2.68 bits per heavy atom. The van der Waals surface area contributed by atoms with E-state index in [0.29, 0.717) is 18.8 Å². The van der Waals surface area contributed by atoms with Crippen LogP contribution >= 0.6 is 12.4 Å². The Kier molecular flexibility index (Phi) is 6.52. The van der Waals surface area contributed by atoms with Gasteiger partial charge in [0.25, 0.3) is 0 Å². The molecule has 0 bridgehead atoms. The van der Waals surface area contributed by atoms with Crippen molar-refractivity contribution in [2.75, 3.05) is 5.32 Å². The van der Waals surface area contributed by atoms with Gasteiger partial charge >= 0.3 is 0 Å². The molecule has 120 valence electrons. The van der Waals surface area contributed by atoms with Gasteiger partial charge in [-0.1, -0.05) is 13.3 Å². The summed E-state index contributed by atoms with van der Waals surface area (Å²) in [5.74, 6) is 0.306. The van der Waals surface area contributed by atoms with Crippen LogP contribution in [-0.2, 0) is 11.3 Å². The lowest BCUT2D eigenvalue weighted by molar-refractivity contribution is -0.120. The molecule has 2 heterocycles. The topological polar surface area (TPSA) is 85.8 Å². The van der Waals surface area contributed by atoms with Crippen molar-refractivity contribution in [1.82, 2.24) is 14.8 Å². The minimum Gasteiger partial charge on any atom is -0.318 e. The number of anilines is 1. The minimum absolute atomic E-state index is 0. The number of amides is 1. The molecule has 0 fully saturated rings. The highest BCUT2D eigenvalue weighted by Gasteiger charge is 2.27. The second-order valence-corrected chi connectivity index (χ2v) is 5.38. The lowest BCUT2D eigenvalue weighted by Crippen LogP contribution is -2.48. The highest BCUT2D eigenvalue weighted by molar-refractivity contribution is 5.96. The highest BCUT2D eigenvalue weighted by Crippen LogP contribution is 2.12. The zero-order valence-electron chi connectivity index (χ0n) is 12.8. The fraction of sp³-hybridized carbons (Fsp3) is 0.400. The minimum atomic E-state index is -0.871. The molecule has 0 radical (unpaired) electrons. The van der Waals surface area contributed by atoms with E-state index in [1.807, 2.05) is 25.3 Å². The quantitative estimate of drug-likeness (QED) is 0.853. The van der Waals surface area contributed by atoms with Gasteiger partial charge in [-0.2, -0.15) is 5.10 Å². The van der Waals surface area contributed by atoms with E-state index in [2.05, 4.69) is 15.4 Å². The number of hydrogen-bond acceptors (Lipinski definition) is 4. The van der Waals surface area contributed by atoms with E-state index in [9.17, 15) is 4.79 Å². The fourth-order valence-electron chi connectivity index (χ4n) is 2.08. The number of rotatable bonds is 6. The van der Waals surface area contributed by atoms with Gasteiger partial charge in [0.2, 0.25) is 5.91 Å². The van der Waals surface area contributed by atoms with Gasteiger partial charge in [-0.25, -0.2) is 0 Å². The van der Waals surface area contributed by atoms with Crippen LogP contribution in [0.4, 0.5) is 5.82 Å². The van der Waals surface area contributed by atoms with Crippen molar-refractivity contribution in [1.29, 1.82) is 0 Å². The van der Waals surface area contributed by atoms with Crippen LogP contribution in [0.5, 0.6) is 0 Å². The molecule has 7 heteroatoms. The number of halogens is 1. The van der Waals surface area contributed by atoms with Gasteiger partial charge < -0.3 is 11.1 Å². The Bertz CT molecular complexity index is 597. The van der Waals surface area contributed by atoms with Gasteiger partial charge in [-0.15, -0.1) is 12.4 Å². The van der Waals surface area contributed by atoms with Crippen molar-refractivity contribution in [2.24, 2.45) is 5.73 Å². The number of hydrogen-bond donors (Lipinski definition) is 2. The van der Waals surface area contributed by atoms with E-state index in [1.165, 1.54) is 0 Å². The summed E-state index contributed by atoms with van der Waals surface area (Å²) in [6.45, 7) is 4.37. The predicted molar refractivity (Wildman–Crippen MR) is 88.9 cm³/mol. The molecule has 0 spiro atoms. The summed E-state index contributed by atoms with van der Waals surface area (Å²) >= 11 is 0. The zero-order valence-corrected chi connectivity index (χ0v) is 13.6. The molecule has 2 aromatic heterocycles. The Morgan fingerprint density at radius 2 is 2.05 bits per heavy atom. The van der Waals surface area contributed by atoms with Crippen LogP contribution in [-0.4, -0.2) is 26.2 Å². The third-order valence-corrected chi connectivity index (χ3v) is 3.26. The average molecular weight is 324 g/mol. The molecular formula is C15H22ClN5O. The molecule has 2 aromatic rings. The molecule has 2 rings (SSSR count). The molecule has 0 aliphatic heterocycles. The monoisotopic (exact) mass is 323 g/mol. The Hall–Kier alpha value is -1.92. The van der Waals surface area contributed by atoms with Gasteiger partial charge in [0.15, 0.2) is 5.82 Å². The Labute approximate surface area is 136 Å². The van der Waals surface area contributed by atoms with Gasteiger partial charge in [0.05, 0.1) is 12.1 Å². The smallest absolute Gasteiger partial charge is 0.245 e. The van der Waals surface area contributed by atoms with E-state index < -0.39 is 5.54 Å². The SMILES string of the molecule is CCCC(C)(N)C(=O)Nc1ccn(Cc2ccncc2)n1.Cl. The Morgan fingerprint density at radius 1 is 1.36 bits per heavy atom. The summed E-state index contributed by atoms with van der Waals surface area (Å²) < 4.78 is 1.76. The molecule has 22 heavy (non-hydrogen) atoms. The van der Waals surface area contributed by atoms with Crippen molar-refractivity contribution >= 4 is 24.1 Å². The van der Waals surface area contributed by atoms with Gasteiger partial charge in [-0.05, 0) is 31.0 Å². The third kappa shape index (κ3) is 4.82. The summed E-state index contributed by atoms with van der Waals surface area (Å²) in [6, 6.07) is 5.62. The third-order valence-electron chi connectivity index (χ3n) is 3.26. The number of aromatic nitrogens is 3. The number of nitrogens with two attached hydrogens (primary N) is 1. The van der Waals surface area contributed by atoms with E-state index >= 15 is 0 Å². The summed E-state index contributed by atoms with van der Waals surface area (Å²) in [6.07, 6.45) is 6.80. The molecule has 3 N–H and O–H groups in total. The lowest BCUT2D eigenvalue weighted by atomic mass is 9.97. The van der Waals surface area contributed by atoms with Crippen LogP contribution in [0.3, 0.4) is 0 Å². The maximum Gasteiger partial charge on any atom is 0.245 e. The van der Waals surface area contributed by atoms with Crippen molar-refractivity contribution in [3.63, 3.8) is 0 Å². The summed E-state index contributed by atoms with van der Waals surface area (Å²) in [4.78, 5) is 16.1. The number of carbonyl (C=O) groups is 1. The molecule has 1 atom stereocenters. The van der Waals surface area contributed by atoms with E-state index in [1.54, 1.807) is 30.1 Å². The van der Waals surface area contributed by atoms with E-state index in [0.717, 1.165) is 12.0 Å². The number of pyridine rings is 1. The highest BCUT2D eigenvalue weighted by atomic mass is 35.5. The molecule has 1 amide bonds. The first-order chi connectivity index (χ1) is 10.0. The zero-order chi connectivity index (χ0) is 15.3. The molecule has 6 nitrogen and oxygen atoms in total. The van der Waals surface area contributed by atoms with Crippen molar-refractivity contribution in [2.45, 2.75) is 38.8 Å². The Balaban J connectivity index is 0.00000242. The maximum absolute atomic E-state index is 12.1. The van der Waals surface area contributed by atoms with Crippen molar-refractivity contribution in [3.05, 3.63) is 42.4 Å².